The fourth-order valence-corrected chi connectivity index (χ4v) is 3.56. The van der Waals surface area contributed by atoms with Crippen LogP contribution < -0.4 is 10.6 Å². The number of nitrogens with one attached hydrogen (secondary N) is 2. The third-order valence-electron chi connectivity index (χ3n) is 5.62. The van der Waals surface area contributed by atoms with Crippen molar-refractivity contribution in [3.05, 3.63) is 11.9 Å². The molecule has 240 valence electrons. The number of ether oxygens (including phenoxy) is 5. The highest BCUT2D eigenvalue weighted by Crippen LogP contribution is 2.21. The Balaban J connectivity index is 1.54. The number of nitrogens with zero attached hydrogens (tertiary/aromatic N) is 3. The number of aliphatic hydroxyl groups is 4. The summed E-state index contributed by atoms with van der Waals surface area (Å²) in [6, 6.07) is -1.24. The van der Waals surface area contributed by atoms with Crippen molar-refractivity contribution in [2.75, 3.05) is 46.2 Å². The predicted octanol–water partition coefficient (Wildman–Crippen LogP) is -3.24. The van der Waals surface area contributed by atoms with Gasteiger partial charge >= 0.3 is 12.1 Å². The van der Waals surface area contributed by atoms with E-state index in [1.165, 1.54) is 4.68 Å². The molecule has 0 bridgehead atoms. The van der Waals surface area contributed by atoms with Crippen molar-refractivity contribution in [1.82, 2.24) is 25.6 Å². The second-order valence-electron chi connectivity index (χ2n) is 10.3. The molecule has 1 aliphatic heterocycles. The standard InChI is InChI=1S/C24H41N5O13/c1-24(2,3)42-23(37)26-15(21(35)36)10-14-11-29(28-27-14)5-7-39-9-8-38-6-4-25-17(31)13-40-22-20(34)19(33)18(32)16(12-30)41-22/h11,15-16,18-20,22,30,32-34H,4-10,12-13H2,1-3H3,(H,25,31)(H,26,37)(H,35,36)/t15-,16+,18+,19-,20+,22+/m0/s1. The Kier molecular flexibility index (Phi) is 14.4. The normalized spacial score (nSPS) is 23.3. The van der Waals surface area contributed by atoms with E-state index in [1.54, 1.807) is 27.0 Å². The molecule has 2 heterocycles. The number of carboxylic acid groups (broad SMARTS) is 1. The molecule has 1 fully saturated rings. The molecule has 1 aromatic rings. The minimum absolute atomic E-state index is 0.0836. The molecule has 2 amide bonds. The zero-order valence-corrected chi connectivity index (χ0v) is 23.7. The van der Waals surface area contributed by atoms with Gasteiger partial charge in [-0.25, -0.2) is 14.3 Å². The highest BCUT2D eigenvalue weighted by Gasteiger charge is 2.44. The maximum atomic E-state index is 11.9. The van der Waals surface area contributed by atoms with Gasteiger partial charge in [-0.2, -0.15) is 0 Å². The Morgan fingerprint density at radius 2 is 1.76 bits per heavy atom. The number of rotatable bonds is 17. The van der Waals surface area contributed by atoms with Gasteiger partial charge in [0.25, 0.3) is 0 Å². The van der Waals surface area contributed by atoms with E-state index in [2.05, 4.69) is 20.9 Å². The van der Waals surface area contributed by atoms with Crippen LogP contribution in [0, 0.1) is 0 Å². The molecule has 18 heteroatoms. The molecule has 18 nitrogen and oxygen atoms in total. The van der Waals surface area contributed by atoms with Crippen molar-refractivity contribution >= 4 is 18.0 Å². The molecule has 0 aromatic carbocycles. The number of amides is 2. The van der Waals surface area contributed by atoms with Crippen LogP contribution in [-0.4, -0.2) is 147 Å². The quantitative estimate of drug-likeness (QED) is 0.0859. The molecule has 7 N–H and O–H groups in total. The first kappa shape index (κ1) is 35.2. The highest BCUT2D eigenvalue weighted by atomic mass is 16.7. The fourth-order valence-electron chi connectivity index (χ4n) is 3.56. The largest absolute Gasteiger partial charge is 0.480 e. The van der Waals surface area contributed by atoms with E-state index in [9.17, 15) is 34.8 Å². The average molecular weight is 608 g/mol. The molecule has 2 rings (SSSR count). The second-order valence-corrected chi connectivity index (χ2v) is 10.3. The Morgan fingerprint density at radius 3 is 2.40 bits per heavy atom. The van der Waals surface area contributed by atoms with E-state index >= 15 is 0 Å². The van der Waals surface area contributed by atoms with Gasteiger partial charge < -0.3 is 59.9 Å². The third-order valence-corrected chi connectivity index (χ3v) is 5.62. The zero-order valence-electron chi connectivity index (χ0n) is 23.7. The Bertz CT molecular complexity index is 986. The summed E-state index contributed by atoms with van der Waals surface area (Å²) in [5, 5.41) is 60.6. The molecule has 42 heavy (non-hydrogen) atoms. The lowest BCUT2D eigenvalue weighted by molar-refractivity contribution is -0.299. The average Bonchev–Trinajstić information content (AvgIpc) is 3.36. The van der Waals surface area contributed by atoms with Gasteiger partial charge in [0.05, 0.1) is 45.3 Å². The smallest absolute Gasteiger partial charge is 0.408 e. The van der Waals surface area contributed by atoms with Crippen LogP contribution in [0.5, 0.6) is 0 Å². The minimum Gasteiger partial charge on any atom is -0.480 e. The maximum Gasteiger partial charge on any atom is 0.408 e. The van der Waals surface area contributed by atoms with Gasteiger partial charge in [0.1, 0.15) is 42.7 Å². The number of carbonyl (C=O) groups is 3. The minimum atomic E-state index is -1.60. The molecular formula is C24H41N5O13. The van der Waals surface area contributed by atoms with E-state index < -0.39 is 73.5 Å². The summed E-state index contributed by atoms with van der Waals surface area (Å²) in [7, 11) is 0. The third kappa shape index (κ3) is 12.5. The molecule has 1 aliphatic rings. The predicted molar refractivity (Wildman–Crippen MR) is 139 cm³/mol. The summed E-state index contributed by atoms with van der Waals surface area (Å²) in [6.07, 6.45) is -6.62. The first-order valence-electron chi connectivity index (χ1n) is 13.3. The van der Waals surface area contributed by atoms with Gasteiger partial charge in [0, 0.05) is 19.2 Å². The monoisotopic (exact) mass is 607 g/mol. The van der Waals surface area contributed by atoms with E-state index in [4.69, 9.17) is 28.8 Å². The molecule has 0 radical (unpaired) electrons. The molecular weight excluding hydrogens is 566 g/mol. The maximum absolute atomic E-state index is 11.9. The molecule has 0 saturated carbocycles. The lowest BCUT2D eigenvalue weighted by Gasteiger charge is -2.39. The Hall–Kier alpha value is -2.97. The van der Waals surface area contributed by atoms with Gasteiger partial charge in [-0.15, -0.1) is 5.10 Å². The van der Waals surface area contributed by atoms with Crippen LogP contribution in [0.4, 0.5) is 4.79 Å². The number of aromatic nitrogens is 3. The van der Waals surface area contributed by atoms with Crippen molar-refractivity contribution in [3.8, 4) is 0 Å². The Labute approximate surface area is 241 Å². The second kappa shape index (κ2) is 17.2. The highest BCUT2D eigenvalue weighted by molar-refractivity contribution is 5.80. The number of alkyl carbamates (subject to hydrolysis) is 1. The first-order valence-corrected chi connectivity index (χ1v) is 13.3. The fraction of sp³-hybridized carbons (Fsp3) is 0.792. The zero-order chi connectivity index (χ0) is 31.3. The molecule has 0 unspecified atom stereocenters. The van der Waals surface area contributed by atoms with Crippen LogP contribution in [0.15, 0.2) is 6.20 Å². The van der Waals surface area contributed by atoms with Crippen LogP contribution in [0.3, 0.4) is 0 Å². The summed E-state index contributed by atoms with van der Waals surface area (Å²) in [6.45, 7) is 5.37. The van der Waals surface area contributed by atoms with E-state index in [0.29, 0.717) is 12.2 Å². The Morgan fingerprint density at radius 1 is 1.07 bits per heavy atom. The number of carboxylic acids is 1. The van der Waals surface area contributed by atoms with Crippen LogP contribution in [0.1, 0.15) is 26.5 Å². The summed E-state index contributed by atoms with van der Waals surface area (Å²) >= 11 is 0. The number of aliphatic hydroxyl groups excluding tert-OH is 4. The molecule has 1 aromatic heterocycles. The SMILES string of the molecule is CC(C)(C)OC(=O)N[C@@H](Cc1cn(CCOCCOCCNC(=O)CO[C@@H]2O[C@H](CO)[C@@H](O)[C@H](O)[C@H]2O)nn1)C(=O)O. The van der Waals surface area contributed by atoms with Gasteiger partial charge in [-0.05, 0) is 20.8 Å². The van der Waals surface area contributed by atoms with Gasteiger partial charge in [0.15, 0.2) is 6.29 Å². The number of hydrogen-bond acceptors (Lipinski definition) is 14. The summed E-state index contributed by atoms with van der Waals surface area (Å²) < 4.78 is 27.7. The summed E-state index contributed by atoms with van der Waals surface area (Å²) in [5.41, 5.74) is -0.405. The molecule has 1 saturated heterocycles. The van der Waals surface area contributed by atoms with Crippen LogP contribution in [0.25, 0.3) is 0 Å². The van der Waals surface area contributed by atoms with Crippen molar-refractivity contribution in [1.29, 1.82) is 0 Å². The van der Waals surface area contributed by atoms with Crippen LogP contribution in [0.2, 0.25) is 0 Å². The number of hydrogen-bond donors (Lipinski definition) is 7. The van der Waals surface area contributed by atoms with Crippen molar-refractivity contribution in [3.63, 3.8) is 0 Å². The van der Waals surface area contributed by atoms with Gasteiger partial charge in [-0.3, -0.25) is 4.79 Å². The number of aliphatic carboxylic acids is 1. The van der Waals surface area contributed by atoms with Gasteiger partial charge in [-0.1, -0.05) is 5.21 Å². The van der Waals surface area contributed by atoms with Crippen molar-refractivity contribution < 1.29 is 63.6 Å². The molecule has 0 aliphatic carbocycles. The van der Waals surface area contributed by atoms with Crippen molar-refractivity contribution in [2.45, 2.75) is 76.1 Å². The van der Waals surface area contributed by atoms with Crippen molar-refractivity contribution in [2.24, 2.45) is 0 Å². The van der Waals surface area contributed by atoms with Crippen LogP contribution in [-0.2, 0) is 46.2 Å². The molecule has 0 spiro atoms. The summed E-state index contributed by atoms with van der Waals surface area (Å²) in [4.78, 5) is 35.3. The van der Waals surface area contributed by atoms with Gasteiger partial charge in [0.2, 0.25) is 5.91 Å². The van der Waals surface area contributed by atoms with Crippen LogP contribution >= 0.6 is 0 Å². The molecule has 6 atom stereocenters. The van der Waals surface area contributed by atoms with E-state index in [0.717, 1.165) is 0 Å². The topological polar surface area (TPSA) is 253 Å². The lowest BCUT2D eigenvalue weighted by Crippen LogP contribution is -2.59. The summed E-state index contributed by atoms with van der Waals surface area (Å²) in [5.74, 6) is -1.77. The lowest BCUT2D eigenvalue weighted by atomic mass is 9.99. The first-order chi connectivity index (χ1) is 19.8. The van der Waals surface area contributed by atoms with E-state index in [-0.39, 0.29) is 39.4 Å². The van der Waals surface area contributed by atoms with E-state index in [1.807, 2.05) is 0 Å². The number of carbonyl (C=O) groups excluding carboxylic acids is 2.